The summed E-state index contributed by atoms with van der Waals surface area (Å²) in [7, 11) is 1.64. The first-order chi connectivity index (χ1) is 12.5. The third-order valence-corrected chi connectivity index (χ3v) is 4.87. The molecular formula is C20H25N3O3. The van der Waals surface area contributed by atoms with Crippen LogP contribution in [0.1, 0.15) is 38.8 Å². The van der Waals surface area contributed by atoms with E-state index in [-0.39, 0.29) is 24.4 Å². The van der Waals surface area contributed by atoms with Crippen LogP contribution >= 0.6 is 0 Å². The molecule has 1 aliphatic carbocycles. The number of rotatable bonds is 5. The lowest BCUT2D eigenvalue weighted by molar-refractivity contribution is 0.277. The molecule has 6 nitrogen and oxygen atoms in total. The summed E-state index contributed by atoms with van der Waals surface area (Å²) >= 11 is 0. The molecule has 0 aliphatic heterocycles. The fraction of sp³-hybridized carbons (Fsp3) is 0.450. The molecule has 0 fully saturated rings. The number of aliphatic hydroxyl groups excluding tert-OH is 1. The van der Waals surface area contributed by atoms with Gasteiger partial charge in [-0.15, -0.1) is 0 Å². The molecule has 0 aromatic carbocycles. The predicted octanol–water partition coefficient (Wildman–Crippen LogP) is 2.24. The zero-order chi connectivity index (χ0) is 18.8. The lowest BCUT2D eigenvalue weighted by Crippen LogP contribution is -2.39. The highest BCUT2D eigenvalue weighted by molar-refractivity contribution is 5.85. The van der Waals surface area contributed by atoms with Crippen LogP contribution in [-0.2, 0) is 13.6 Å². The highest BCUT2D eigenvalue weighted by atomic mass is 16.3. The Morgan fingerprint density at radius 2 is 1.96 bits per heavy atom. The molecule has 0 bridgehead atoms. The van der Waals surface area contributed by atoms with Crippen molar-refractivity contribution in [2.24, 2.45) is 13.0 Å². The summed E-state index contributed by atoms with van der Waals surface area (Å²) in [6, 6.07) is 1.79. The van der Waals surface area contributed by atoms with Crippen molar-refractivity contribution in [2.45, 2.75) is 39.7 Å². The molecule has 2 heterocycles. The summed E-state index contributed by atoms with van der Waals surface area (Å²) < 4.78 is 2.64. The Bertz CT molecular complexity index is 1010. The number of aryl methyl sites for hydroxylation is 1. The second-order valence-corrected chi connectivity index (χ2v) is 6.97. The molecular weight excluding hydrogens is 330 g/mol. The average molecular weight is 355 g/mol. The highest BCUT2D eigenvalue weighted by Gasteiger charge is 2.18. The summed E-state index contributed by atoms with van der Waals surface area (Å²) in [6.07, 6.45) is 8.37. The molecule has 0 atom stereocenters. The zero-order valence-electron chi connectivity index (χ0n) is 15.5. The molecule has 0 spiro atoms. The van der Waals surface area contributed by atoms with Crippen molar-refractivity contribution < 1.29 is 5.11 Å². The Hall–Kier alpha value is -2.47. The van der Waals surface area contributed by atoms with E-state index in [9.17, 15) is 9.59 Å². The Labute approximate surface area is 152 Å². The fourth-order valence-corrected chi connectivity index (χ4v) is 3.47. The van der Waals surface area contributed by atoms with Gasteiger partial charge in [0.05, 0.1) is 22.8 Å². The molecule has 0 radical (unpaired) electrons. The first-order valence-corrected chi connectivity index (χ1v) is 9.07. The van der Waals surface area contributed by atoms with Gasteiger partial charge in [0.1, 0.15) is 0 Å². The Morgan fingerprint density at radius 3 is 2.65 bits per heavy atom. The van der Waals surface area contributed by atoms with Gasteiger partial charge in [0, 0.05) is 20.2 Å². The van der Waals surface area contributed by atoms with Gasteiger partial charge in [0.25, 0.3) is 5.56 Å². The van der Waals surface area contributed by atoms with Gasteiger partial charge in [-0.2, -0.15) is 0 Å². The van der Waals surface area contributed by atoms with Crippen molar-refractivity contribution in [2.75, 3.05) is 6.61 Å². The number of nitrogens with zero attached hydrogens (tertiary/aromatic N) is 3. The van der Waals surface area contributed by atoms with Crippen LogP contribution in [0.4, 0.5) is 0 Å². The van der Waals surface area contributed by atoms with E-state index in [2.05, 4.69) is 31.0 Å². The Morgan fingerprint density at radius 1 is 1.23 bits per heavy atom. The van der Waals surface area contributed by atoms with Gasteiger partial charge in [-0.3, -0.25) is 18.9 Å². The Kier molecular flexibility index (Phi) is 5.23. The molecule has 6 heteroatoms. The van der Waals surface area contributed by atoms with Crippen LogP contribution in [0.15, 0.2) is 39.6 Å². The van der Waals surface area contributed by atoms with Gasteiger partial charge in [-0.05, 0) is 42.4 Å². The largest absolute Gasteiger partial charge is 0.396 e. The molecule has 138 valence electrons. The molecule has 0 saturated carbocycles. The molecule has 2 aromatic rings. The van der Waals surface area contributed by atoms with Crippen molar-refractivity contribution >= 4 is 16.5 Å². The topological polar surface area (TPSA) is 77.1 Å². The van der Waals surface area contributed by atoms with E-state index in [1.54, 1.807) is 19.3 Å². The molecule has 0 amide bonds. The van der Waals surface area contributed by atoms with Gasteiger partial charge in [0.15, 0.2) is 0 Å². The zero-order valence-corrected chi connectivity index (χ0v) is 15.5. The number of aromatic nitrogens is 3. The van der Waals surface area contributed by atoms with Crippen LogP contribution in [0.3, 0.4) is 0 Å². The van der Waals surface area contributed by atoms with Gasteiger partial charge in [-0.25, -0.2) is 4.79 Å². The molecule has 3 rings (SSSR count). The molecule has 0 unspecified atom stereocenters. The van der Waals surface area contributed by atoms with E-state index in [1.165, 1.54) is 14.7 Å². The second-order valence-electron chi connectivity index (χ2n) is 6.97. The lowest BCUT2D eigenvalue weighted by atomic mass is 9.87. The number of allylic oxidation sites excluding steroid dienone is 4. The standard InChI is InChI=1S/C20H25N3O3/c1-13(2)14-7-4-5-8-15(14)17-11-16-18(12-21-17)22(3)20(26)23(19(16)25)9-6-10-24/h7-8,11-13,24H,4-6,9-10H2,1-3H3. The van der Waals surface area contributed by atoms with E-state index >= 15 is 0 Å². The van der Waals surface area contributed by atoms with Crippen LogP contribution < -0.4 is 11.2 Å². The molecule has 2 aromatic heterocycles. The summed E-state index contributed by atoms with van der Waals surface area (Å²) in [5.74, 6) is 0.375. The van der Waals surface area contributed by atoms with E-state index in [0.717, 1.165) is 24.1 Å². The molecule has 26 heavy (non-hydrogen) atoms. The molecule has 1 N–H and O–H groups in total. The van der Waals surface area contributed by atoms with Crippen molar-refractivity contribution in [3.8, 4) is 0 Å². The minimum Gasteiger partial charge on any atom is -0.396 e. The monoisotopic (exact) mass is 355 g/mol. The third-order valence-electron chi connectivity index (χ3n) is 4.87. The maximum Gasteiger partial charge on any atom is 0.331 e. The van der Waals surface area contributed by atoms with Crippen molar-refractivity contribution in [3.63, 3.8) is 0 Å². The van der Waals surface area contributed by atoms with Crippen LogP contribution in [0.25, 0.3) is 16.5 Å². The maximum absolute atomic E-state index is 12.9. The van der Waals surface area contributed by atoms with Crippen LogP contribution in [-0.4, -0.2) is 25.8 Å². The highest BCUT2D eigenvalue weighted by Crippen LogP contribution is 2.32. The molecule has 1 aliphatic rings. The van der Waals surface area contributed by atoms with E-state index < -0.39 is 0 Å². The van der Waals surface area contributed by atoms with E-state index in [0.29, 0.717) is 23.2 Å². The summed E-state index contributed by atoms with van der Waals surface area (Å²) in [4.78, 5) is 29.8. The number of fused-ring (bicyclic) bond motifs is 1. The SMILES string of the molecule is CC(C)C1=CCCC=C1c1cc2c(=O)n(CCCO)c(=O)n(C)c2cn1. The van der Waals surface area contributed by atoms with Gasteiger partial charge < -0.3 is 5.11 Å². The first kappa shape index (κ1) is 18.3. The van der Waals surface area contributed by atoms with Crippen molar-refractivity contribution in [1.29, 1.82) is 0 Å². The summed E-state index contributed by atoms with van der Waals surface area (Å²) in [5.41, 5.74) is 2.89. The minimum absolute atomic E-state index is 0.0648. The summed E-state index contributed by atoms with van der Waals surface area (Å²) in [6.45, 7) is 4.44. The molecule has 0 saturated heterocycles. The van der Waals surface area contributed by atoms with E-state index in [4.69, 9.17) is 5.11 Å². The second kappa shape index (κ2) is 7.41. The normalized spacial score (nSPS) is 14.7. The number of hydrogen-bond donors (Lipinski definition) is 1. The lowest BCUT2D eigenvalue weighted by Gasteiger charge is -2.19. The first-order valence-electron chi connectivity index (χ1n) is 9.07. The smallest absolute Gasteiger partial charge is 0.331 e. The number of pyridine rings is 1. The quantitative estimate of drug-likeness (QED) is 0.892. The predicted molar refractivity (Wildman–Crippen MR) is 103 cm³/mol. The Balaban J connectivity index is 2.20. The van der Waals surface area contributed by atoms with Crippen molar-refractivity contribution in [3.05, 3.63) is 56.5 Å². The average Bonchev–Trinajstić information content (AvgIpc) is 2.66. The number of hydrogen-bond acceptors (Lipinski definition) is 4. The third kappa shape index (κ3) is 3.17. The maximum atomic E-state index is 12.9. The van der Waals surface area contributed by atoms with Crippen LogP contribution in [0, 0.1) is 5.92 Å². The van der Waals surface area contributed by atoms with Gasteiger partial charge >= 0.3 is 5.69 Å². The van der Waals surface area contributed by atoms with Crippen LogP contribution in [0.5, 0.6) is 0 Å². The minimum atomic E-state index is -0.384. The fourth-order valence-electron chi connectivity index (χ4n) is 3.47. The van der Waals surface area contributed by atoms with Gasteiger partial charge in [0.2, 0.25) is 0 Å². The van der Waals surface area contributed by atoms with E-state index in [1.807, 2.05) is 0 Å². The van der Waals surface area contributed by atoms with Crippen molar-refractivity contribution in [1.82, 2.24) is 14.1 Å². The van der Waals surface area contributed by atoms with Crippen LogP contribution in [0.2, 0.25) is 0 Å². The van der Waals surface area contributed by atoms with Gasteiger partial charge in [-0.1, -0.05) is 26.0 Å². The number of aliphatic hydroxyl groups is 1. The summed E-state index contributed by atoms with van der Waals surface area (Å²) in [5, 5.41) is 9.52.